The molecule has 1 heterocycles. The SMILES string of the molecule is Cn1nc(-c2cc([N+](=O)[O-])c(Cl)cc2Cl)c(C(F)(F)F)c1C(F)(F)F. The van der Waals surface area contributed by atoms with Gasteiger partial charge < -0.3 is 0 Å². The first-order chi connectivity index (χ1) is 11.2. The highest BCUT2D eigenvalue weighted by atomic mass is 35.5. The van der Waals surface area contributed by atoms with Gasteiger partial charge in [-0.3, -0.25) is 14.8 Å². The molecule has 1 aromatic heterocycles. The summed E-state index contributed by atoms with van der Waals surface area (Å²) in [4.78, 5) is 9.87. The van der Waals surface area contributed by atoms with E-state index in [9.17, 15) is 36.5 Å². The number of rotatable bonds is 2. The van der Waals surface area contributed by atoms with Crippen molar-refractivity contribution < 1.29 is 31.3 Å². The molecule has 0 aliphatic rings. The fourth-order valence-corrected chi connectivity index (χ4v) is 2.71. The van der Waals surface area contributed by atoms with Crippen LogP contribution in [0.2, 0.25) is 10.0 Å². The summed E-state index contributed by atoms with van der Waals surface area (Å²) in [5.41, 5.74) is -6.86. The van der Waals surface area contributed by atoms with E-state index in [1.54, 1.807) is 0 Å². The van der Waals surface area contributed by atoms with Crippen LogP contribution in [-0.2, 0) is 19.4 Å². The van der Waals surface area contributed by atoms with Crippen molar-refractivity contribution in [2.24, 2.45) is 7.05 Å². The van der Waals surface area contributed by atoms with Crippen LogP contribution in [0, 0.1) is 10.1 Å². The minimum absolute atomic E-state index is 0.00503. The van der Waals surface area contributed by atoms with Gasteiger partial charge in [-0.25, -0.2) is 0 Å². The quantitative estimate of drug-likeness (QED) is 0.383. The fourth-order valence-electron chi connectivity index (χ4n) is 2.17. The topological polar surface area (TPSA) is 61.0 Å². The Morgan fingerprint density at radius 1 is 1.08 bits per heavy atom. The van der Waals surface area contributed by atoms with E-state index in [2.05, 4.69) is 5.10 Å². The summed E-state index contributed by atoms with van der Waals surface area (Å²) >= 11 is 11.3. The second-order valence-corrected chi connectivity index (χ2v) is 5.55. The standard InChI is InChI=1S/C12H5Cl2F6N3O2/c1-22-10(12(18,19)20)8(11(15,16)17)9(21-22)4-2-7(23(24)25)6(14)3-5(4)13/h2-3H,1H3. The predicted octanol–water partition coefficient (Wildman–Crippen LogP) is 5.34. The molecular weight excluding hydrogens is 403 g/mol. The minimum Gasteiger partial charge on any atom is -0.262 e. The zero-order chi connectivity index (χ0) is 19.3. The van der Waals surface area contributed by atoms with Crippen molar-refractivity contribution >= 4 is 28.9 Å². The Kier molecular flexibility index (Phi) is 4.68. The molecule has 0 radical (unpaired) electrons. The van der Waals surface area contributed by atoms with Crippen LogP contribution in [-0.4, -0.2) is 14.7 Å². The molecule has 2 aromatic rings. The zero-order valence-corrected chi connectivity index (χ0v) is 13.3. The van der Waals surface area contributed by atoms with Crippen LogP contribution in [0.1, 0.15) is 11.3 Å². The third-order valence-electron chi connectivity index (χ3n) is 3.09. The summed E-state index contributed by atoms with van der Waals surface area (Å²) < 4.78 is 78.8. The van der Waals surface area contributed by atoms with Crippen LogP contribution in [0.25, 0.3) is 11.3 Å². The molecule has 13 heteroatoms. The Hall–Kier alpha value is -2.01. The largest absolute Gasteiger partial charge is 0.433 e. The Labute approximate surface area is 144 Å². The van der Waals surface area contributed by atoms with Crippen LogP contribution in [0.5, 0.6) is 0 Å². The van der Waals surface area contributed by atoms with Crippen LogP contribution in [0.4, 0.5) is 32.0 Å². The zero-order valence-electron chi connectivity index (χ0n) is 11.8. The van der Waals surface area contributed by atoms with Crippen molar-refractivity contribution in [2.75, 3.05) is 0 Å². The second kappa shape index (κ2) is 6.06. The molecule has 5 nitrogen and oxygen atoms in total. The average Bonchev–Trinajstić information content (AvgIpc) is 2.75. The van der Waals surface area contributed by atoms with Gasteiger partial charge in [-0.05, 0) is 6.07 Å². The lowest BCUT2D eigenvalue weighted by Crippen LogP contribution is -2.18. The Balaban J connectivity index is 2.90. The van der Waals surface area contributed by atoms with E-state index in [4.69, 9.17) is 23.2 Å². The molecule has 0 fully saturated rings. The van der Waals surface area contributed by atoms with Crippen molar-refractivity contribution in [3.05, 3.63) is 43.5 Å². The third-order valence-corrected chi connectivity index (χ3v) is 3.70. The van der Waals surface area contributed by atoms with Crippen LogP contribution < -0.4 is 0 Å². The van der Waals surface area contributed by atoms with E-state index >= 15 is 0 Å². The van der Waals surface area contributed by atoms with Gasteiger partial charge >= 0.3 is 12.4 Å². The highest BCUT2D eigenvalue weighted by Gasteiger charge is 2.49. The molecular formula is C12H5Cl2F6N3O2. The number of halogens is 8. The molecule has 0 N–H and O–H groups in total. The number of aromatic nitrogens is 2. The van der Waals surface area contributed by atoms with Crippen LogP contribution >= 0.6 is 23.2 Å². The molecule has 0 saturated carbocycles. The summed E-state index contributed by atoms with van der Waals surface area (Å²) in [5, 5.41) is 13.1. The van der Waals surface area contributed by atoms with E-state index in [0.717, 1.165) is 6.07 Å². The molecule has 0 atom stereocenters. The lowest BCUT2D eigenvalue weighted by atomic mass is 10.0. The maximum absolute atomic E-state index is 13.3. The number of benzene rings is 1. The Bertz CT molecular complexity index is 860. The van der Waals surface area contributed by atoms with Gasteiger partial charge in [-0.2, -0.15) is 31.4 Å². The summed E-state index contributed by atoms with van der Waals surface area (Å²) in [7, 11) is 0.666. The number of hydrogen-bond acceptors (Lipinski definition) is 3. The number of aryl methyl sites for hydroxylation is 1. The number of nitrogens with zero attached hydrogens (tertiary/aromatic N) is 3. The first-order valence-corrected chi connectivity index (χ1v) is 6.86. The van der Waals surface area contributed by atoms with Crippen molar-refractivity contribution in [3.63, 3.8) is 0 Å². The lowest BCUT2D eigenvalue weighted by Gasteiger charge is -2.13. The van der Waals surface area contributed by atoms with E-state index < -0.39 is 55.5 Å². The van der Waals surface area contributed by atoms with Gasteiger partial charge in [-0.15, -0.1) is 0 Å². The molecule has 0 saturated heterocycles. The number of hydrogen-bond donors (Lipinski definition) is 0. The first-order valence-electron chi connectivity index (χ1n) is 6.10. The van der Waals surface area contributed by atoms with Crippen molar-refractivity contribution in [3.8, 4) is 11.3 Å². The summed E-state index contributed by atoms with van der Waals surface area (Å²) in [6.07, 6.45) is -10.8. The van der Waals surface area contributed by atoms with Gasteiger partial charge in [0, 0.05) is 18.7 Å². The average molecular weight is 408 g/mol. The van der Waals surface area contributed by atoms with Gasteiger partial charge in [0.05, 0.1) is 9.95 Å². The van der Waals surface area contributed by atoms with E-state index in [-0.39, 0.29) is 4.68 Å². The van der Waals surface area contributed by atoms with Gasteiger partial charge in [0.15, 0.2) is 5.69 Å². The predicted molar refractivity (Wildman–Crippen MR) is 75.3 cm³/mol. The first kappa shape index (κ1) is 19.3. The number of nitro groups is 1. The molecule has 1 aromatic carbocycles. The minimum atomic E-state index is -5.44. The summed E-state index contributed by atoms with van der Waals surface area (Å²) in [5.74, 6) is 0. The maximum atomic E-state index is 13.3. The number of nitro benzene ring substituents is 1. The smallest absolute Gasteiger partial charge is 0.262 e. The molecule has 0 aliphatic carbocycles. The second-order valence-electron chi connectivity index (χ2n) is 4.73. The monoisotopic (exact) mass is 407 g/mol. The van der Waals surface area contributed by atoms with Gasteiger partial charge in [0.2, 0.25) is 0 Å². The van der Waals surface area contributed by atoms with E-state index in [1.807, 2.05) is 0 Å². The van der Waals surface area contributed by atoms with Crippen molar-refractivity contribution in [1.82, 2.24) is 9.78 Å². The van der Waals surface area contributed by atoms with Crippen molar-refractivity contribution in [2.45, 2.75) is 12.4 Å². The summed E-state index contributed by atoms with van der Waals surface area (Å²) in [6.45, 7) is 0. The number of alkyl halides is 6. The molecule has 25 heavy (non-hydrogen) atoms. The Morgan fingerprint density at radius 3 is 2.08 bits per heavy atom. The molecule has 0 amide bonds. The normalized spacial score (nSPS) is 12.5. The molecule has 0 spiro atoms. The fraction of sp³-hybridized carbons (Fsp3) is 0.250. The van der Waals surface area contributed by atoms with Gasteiger partial charge in [0.1, 0.15) is 16.3 Å². The molecule has 2 rings (SSSR count). The summed E-state index contributed by atoms with van der Waals surface area (Å²) in [6, 6.07) is 1.31. The molecule has 0 bridgehead atoms. The molecule has 136 valence electrons. The van der Waals surface area contributed by atoms with Crippen LogP contribution in [0.15, 0.2) is 12.1 Å². The molecule has 0 unspecified atom stereocenters. The molecule has 0 aliphatic heterocycles. The van der Waals surface area contributed by atoms with E-state index in [0.29, 0.717) is 13.1 Å². The van der Waals surface area contributed by atoms with Gasteiger partial charge in [-0.1, -0.05) is 23.2 Å². The highest BCUT2D eigenvalue weighted by Crippen LogP contribution is 2.47. The van der Waals surface area contributed by atoms with Crippen molar-refractivity contribution in [1.29, 1.82) is 0 Å². The van der Waals surface area contributed by atoms with Crippen LogP contribution in [0.3, 0.4) is 0 Å². The highest BCUT2D eigenvalue weighted by molar-refractivity contribution is 6.37. The maximum Gasteiger partial charge on any atom is 0.433 e. The lowest BCUT2D eigenvalue weighted by molar-refractivity contribution is -0.384. The third kappa shape index (κ3) is 3.52. The van der Waals surface area contributed by atoms with Gasteiger partial charge in [0.25, 0.3) is 5.69 Å². The van der Waals surface area contributed by atoms with E-state index in [1.165, 1.54) is 0 Å². The Morgan fingerprint density at radius 2 is 1.64 bits per heavy atom.